The quantitative estimate of drug-likeness (QED) is 0.841. The van der Waals surface area contributed by atoms with Gasteiger partial charge in [-0.3, -0.25) is 9.69 Å². The summed E-state index contributed by atoms with van der Waals surface area (Å²) in [6.07, 6.45) is 0.476. The van der Waals surface area contributed by atoms with Gasteiger partial charge >= 0.3 is 6.03 Å². The first-order valence-corrected chi connectivity index (χ1v) is 10.6. The van der Waals surface area contributed by atoms with Crippen molar-refractivity contribution in [2.45, 2.75) is 26.8 Å². The Labute approximate surface area is 177 Å². The summed E-state index contributed by atoms with van der Waals surface area (Å²) < 4.78 is 5.78. The van der Waals surface area contributed by atoms with E-state index in [0.29, 0.717) is 39.1 Å². The van der Waals surface area contributed by atoms with Crippen LogP contribution in [0.15, 0.2) is 46.9 Å². The van der Waals surface area contributed by atoms with E-state index in [9.17, 15) is 9.59 Å². The predicted molar refractivity (Wildman–Crippen MR) is 115 cm³/mol. The first-order chi connectivity index (χ1) is 14.5. The molecule has 2 aromatic rings. The van der Waals surface area contributed by atoms with E-state index >= 15 is 0 Å². The number of hydrogen-bond acceptors (Lipinski definition) is 4. The molecule has 1 aromatic heterocycles. The zero-order valence-corrected chi connectivity index (χ0v) is 17.8. The van der Waals surface area contributed by atoms with Crippen LogP contribution in [-0.4, -0.2) is 65.9 Å². The molecule has 7 nitrogen and oxygen atoms in total. The summed E-state index contributed by atoms with van der Waals surface area (Å²) in [7, 11) is 0. The minimum Gasteiger partial charge on any atom is -0.465 e. The van der Waals surface area contributed by atoms with Crippen LogP contribution in [0, 0.1) is 12.3 Å². The molecule has 2 fully saturated rings. The van der Waals surface area contributed by atoms with Crippen molar-refractivity contribution in [3.05, 3.63) is 54.0 Å². The monoisotopic (exact) mass is 410 g/mol. The van der Waals surface area contributed by atoms with Crippen molar-refractivity contribution in [1.29, 1.82) is 0 Å². The number of benzene rings is 1. The van der Waals surface area contributed by atoms with Crippen molar-refractivity contribution < 1.29 is 14.0 Å². The second-order valence-electron chi connectivity index (χ2n) is 8.53. The topological polar surface area (TPSA) is 69.0 Å². The van der Waals surface area contributed by atoms with Gasteiger partial charge in [0.15, 0.2) is 0 Å². The third-order valence-electron chi connectivity index (χ3n) is 6.05. The van der Waals surface area contributed by atoms with Crippen LogP contribution in [0.2, 0.25) is 0 Å². The number of carbonyl (C=O) groups is 2. The molecule has 1 spiro atoms. The number of rotatable bonds is 4. The van der Waals surface area contributed by atoms with Crippen LogP contribution in [0.3, 0.4) is 0 Å². The summed E-state index contributed by atoms with van der Waals surface area (Å²) in [6.45, 7) is 8.72. The summed E-state index contributed by atoms with van der Waals surface area (Å²) in [5.41, 5.74) is 0.514. The number of aryl methyl sites for hydroxylation is 1. The summed E-state index contributed by atoms with van der Waals surface area (Å²) in [5, 5.41) is 3.00. The Morgan fingerprint density at radius 3 is 2.57 bits per heavy atom. The smallest absolute Gasteiger partial charge is 0.321 e. The Bertz CT molecular complexity index is 897. The Morgan fingerprint density at radius 2 is 1.90 bits per heavy atom. The largest absolute Gasteiger partial charge is 0.465 e. The van der Waals surface area contributed by atoms with Gasteiger partial charge in [0.05, 0.1) is 6.54 Å². The highest BCUT2D eigenvalue weighted by atomic mass is 16.3. The Morgan fingerprint density at radius 1 is 1.10 bits per heavy atom. The molecule has 0 aliphatic carbocycles. The van der Waals surface area contributed by atoms with E-state index in [2.05, 4.69) is 10.2 Å². The van der Waals surface area contributed by atoms with Crippen LogP contribution < -0.4 is 5.32 Å². The van der Waals surface area contributed by atoms with Gasteiger partial charge in [0.2, 0.25) is 5.91 Å². The third-order valence-corrected chi connectivity index (χ3v) is 6.05. The standard InChI is InChI=1S/C23H30N4O3/c1-3-26-16-23(13-21(26)28)15-25(14-20-10-9-18(2)30-20)11-12-27(17-23)22(29)24-19-7-5-4-6-8-19/h4-10H,3,11-17H2,1-2H3,(H,24,29)/t23-/m1/s1. The molecule has 0 saturated carbocycles. The molecule has 30 heavy (non-hydrogen) atoms. The van der Waals surface area contributed by atoms with Gasteiger partial charge in [-0.1, -0.05) is 18.2 Å². The van der Waals surface area contributed by atoms with Crippen molar-refractivity contribution >= 4 is 17.6 Å². The lowest BCUT2D eigenvalue weighted by Crippen LogP contribution is -2.45. The van der Waals surface area contributed by atoms with Gasteiger partial charge in [-0.05, 0) is 38.1 Å². The Hall–Kier alpha value is -2.80. The molecule has 2 aliphatic rings. The van der Waals surface area contributed by atoms with E-state index in [-0.39, 0.29) is 17.4 Å². The molecule has 3 amide bonds. The zero-order valence-electron chi connectivity index (χ0n) is 17.8. The van der Waals surface area contributed by atoms with Gasteiger partial charge < -0.3 is 19.5 Å². The zero-order chi connectivity index (χ0) is 21.1. The number of urea groups is 1. The second kappa shape index (κ2) is 8.52. The molecule has 2 aliphatic heterocycles. The first-order valence-electron chi connectivity index (χ1n) is 10.6. The number of hydrogen-bond donors (Lipinski definition) is 1. The van der Waals surface area contributed by atoms with Crippen molar-refractivity contribution in [3.8, 4) is 0 Å². The van der Waals surface area contributed by atoms with E-state index in [0.717, 1.165) is 30.3 Å². The molecule has 0 unspecified atom stereocenters. The lowest BCUT2D eigenvalue weighted by molar-refractivity contribution is -0.127. The Balaban J connectivity index is 1.53. The van der Waals surface area contributed by atoms with E-state index < -0.39 is 0 Å². The van der Waals surface area contributed by atoms with Crippen LogP contribution >= 0.6 is 0 Å². The van der Waals surface area contributed by atoms with Crippen LogP contribution in [0.5, 0.6) is 0 Å². The van der Waals surface area contributed by atoms with E-state index in [1.165, 1.54) is 0 Å². The lowest BCUT2D eigenvalue weighted by atomic mass is 9.86. The molecule has 4 rings (SSSR count). The van der Waals surface area contributed by atoms with Crippen molar-refractivity contribution in [1.82, 2.24) is 14.7 Å². The summed E-state index contributed by atoms with van der Waals surface area (Å²) in [5.74, 6) is 1.99. The number of furan rings is 1. The Kier molecular flexibility index (Phi) is 5.81. The minimum absolute atomic E-state index is 0.112. The van der Waals surface area contributed by atoms with Crippen molar-refractivity contribution in [3.63, 3.8) is 0 Å². The molecule has 3 heterocycles. The normalized spacial score (nSPS) is 22.5. The third kappa shape index (κ3) is 4.51. The fourth-order valence-corrected chi connectivity index (χ4v) is 4.65. The highest BCUT2D eigenvalue weighted by Crippen LogP contribution is 2.35. The van der Waals surface area contributed by atoms with Crippen LogP contribution in [0.25, 0.3) is 0 Å². The average molecular weight is 411 g/mol. The number of carbonyl (C=O) groups excluding carboxylic acids is 2. The fourth-order valence-electron chi connectivity index (χ4n) is 4.65. The highest BCUT2D eigenvalue weighted by Gasteiger charge is 2.46. The van der Waals surface area contributed by atoms with E-state index in [4.69, 9.17) is 4.42 Å². The number of amides is 3. The van der Waals surface area contributed by atoms with Gasteiger partial charge in [-0.2, -0.15) is 0 Å². The maximum absolute atomic E-state index is 13.0. The SMILES string of the molecule is CCN1C[C@@]2(CC1=O)CN(Cc1ccc(C)o1)CCN(C(=O)Nc1ccccc1)C2. The fraction of sp³-hybridized carbons (Fsp3) is 0.478. The maximum Gasteiger partial charge on any atom is 0.321 e. The predicted octanol–water partition coefficient (Wildman–Crippen LogP) is 3.18. The number of likely N-dealkylation sites (tertiary alicyclic amines) is 1. The average Bonchev–Trinajstić information content (AvgIpc) is 3.21. The van der Waals surface area contributed by atoms with Crippen molar-refractivity contribution in [2.75, 3.05) is 44.6 Å². The van der Waals surface area contributed by atoms with Gasteiger partial charge in [-0.25, -0.2) is 4.79 Å². The second-order valence-corrected chi connectivity index (χ2v) is 8.53. The number of nitrogens with zero attached hydrogens (tertiary/aromatic N) is 3. The molecule has 160 valence electrons. The lowest BCUT2D eigenvalue weighted by Gasteiger charge is -2.33. The van der Waals surface area contributed by atoms with Gasteiger partial charge in [-0.15, -0.1) is 0 Å². The molecular formula is C23H30N4O3. The number of anilines is 1. The molecule has 0 radical (unpaired) electrons. The van der Waals surface area contributed by atoms with E-state index in [1.54, 1.807) is 0 Å². The molecule has 0 bridgehead atoms. The van der Waals surface area contributed by atoms with Crippen LogP contribution in [0.4, 0.5) is 10.5 Å². The summed E-state index contributed by atoms with van der Waals surface area (Å²) >= 11 is 0. The minimum atomic E-state index is -0.265. The first kappa shape index (κ1) is 20.5. The van der Waals surface area contributed by atoms with E-state index in [1.807, 2.05) is 66.1 Å². The molecule has 7 heteroatoms. The summed E-state index contributed by atoms with van der Waals surface area (Å²) in [6, 6.07) is 13.4. The number of para-hydroxylation sites is 1. The van der Waals surface area contributed by atoms with Crippen LogP contribution in [-0.2, 0) is 11.3 Å². The molecule has 1 aromatic carbocycles. The maximum atomic E-state index is 13.0. The number of nitrogens with one attached hydrogen (secondary N) is 1. The molecule has 1 N–H and O–H groups in total. The van der Waals surface area contributed by atoms with Crippen molar-refractivity contribution in [2.24, 2.45) is 5.41 Å². The van der Waals surface area contributed by atoms with Crippen LogP contribution in [0.1, 0.15) is 24.9 Å². The summed E-state index contributed by atoms with van der Waals surface area (Å²) in [4.78, 5) is 31.7. The molecule has 2 saturated heterocycles. The van der Waals surface area contributed by atoms with Gasteiger partial charge in [0.25, 0.3) is 0 Å². The molecular weight excluding hydrogens is 380 g/mol. The van der Waals surface area contributed by atoms with Gasteiger partial charge in [0, 0.05) is 56.8 Å². The van der Waals surface area contributed by atoms with Gasteiger partial charge in [0.1, 0.15) is 11.5 Å². The molecule has 1 atom stereocenters. The highest BCUT2D eigenvalue weighted by molar-refractivity contribution is 5.89.